The maximum absolute atomic E-state index is 11.8. The molecular formula is C12H16N2O3. The van der Waals surface area contributed by atoms with Gasteiger partial charge in [-0.1, -0.05) is 6.92 Å². The van der Waals surface area contributed by atoms with E-state index in [0.717, 1.165) is 18.5 Å². The fourth-order valence-electron chi connectivity index (χ4n) is 2.49. The molecule has 1 unspecified atom stereocenters. The SMILES string of the molecule is CCC(=O)N1CCCC2CC=C([N+](=O)[O-])C=C21. The van der Waals surface area contributed by atoms with Gasteiger partial charge in [-0.2, -0.15) is 0 Å². The Morgan fingerprint density at radius 1 is 1.65 bits per heavy atom. The van der Waals surface area contributed by atoms with Crippen molar-refractivity contribution in [1.29, 1.82) is 0 Å². The van der Waals surface area contributed by atoms with E-state index in [0.29, 0.717) is 19.4 Å². The summed E-state index contributed by atoms with van der Waals surface area (Å²) in [5.74, 6) is 0.341. The predicted molar refractivity (Wildman–Crippen MR) is 62.5 cm³/mol. The molecule has 2 aliphatic rings. The van der Waals surface area contributed by atoms with Crippen molar-refractivity contribution in [1.82, 2.24) is 4.90 Å². The normalized spacial score (nSPS) is 23.6. The topological polar surface area (TPSA) is 63.5 Å². The van der Waals surface area contributed by atoms with Crippen molar-refractivity contribution in [2.24, 2.45) is 5.92 Å². The molecule has 0 aromatic carbocycles. The number of carbonyl (C=O) groups is 1. The smallest absolute Gasteiger partial charge is 0.267 e. The number of allylic oxidation sites excluding steroid dienone is 3. The third-order valence-corrected chi connectivity index (χ3v) is 3.39. The standard InChI is InChI=1S/C12H16N2O3/c1-2-12(15)13-7-3-4-9-5-6-10(14(16)17)8-11(9)13/h6,8-9H,2-5,7H2,1H3. The van der Waals surface area contributed by atoms with E-state index in [2.05, 4.69) is 0 Å². The minimum absolute atomic E-state index is 0.0607. The van der Waals surface area contributed by atoms with E-state index in [1.54, 1.807) is 17.1 Å². The van der Waals surface area contributed by atoms with Gasteiger partial charge in [-0.25, -0.2) is 0 Å². The second-order valence-corrected chi connectivity index (χ2v) is 4.43. The van der Waals surface area contributed by atoms with Gasteiger partial charge in [0.25, 0.3) is 5.70 Å². The monoisotopic (exact) mass is 236 g/mol. The van der Waals surface area contributed by atoms with Crippen molar-refractivity contribution in [3.63, 3.8) is 0 Å². The van der Waals surface area contributed by atoms with Crippen LogP contribution in [0.1, 0.15) is 32.6 Å². The summed E-state index contributed by atoms with van der Waals surface area (Å²) in [5.41, 5.74) is 0.962. The van der Waals surface area contributed by atoms with Crippen LogP contribution in [0.5, 0.6) is 0 Å². The molecule has 0 radical (unpaired) electrons. The first-order chi connectivity index (χ1) is 8.13. The minimum atomic E-state index is -0.383. The van der Waals surface area contributed by atoms with E-state index < -0.39 is 0 Å². The highest BCUT2D eigenvalue weighted by Gasteiger charge is 2.31. The Morgan fingerprint density at radius 2 is 2.41 bits per heavy atom. The van der Waals surface area contributed by atoms with Gasteiger partial charge in [0, 0.05) is 30.7 Å². The van der Waals surface area contributed by atoms with Crippen molar-refractivity contribution in [3.05, 3.63) is 33.7 Å². The molecule has 92 valence electrons. The van der Waals surface area contributed by atoms with Crippen LogP contribution in [0.25, 0.3) is 0 Å². The fraction of sp³-hybridized carbons (Fsp3) is 0.583. The first kappa shape index (κ1) is 11.8. The molecule has 0 spiro atoms. The van der Waals surface area contributed by atoms with Crippen LogP contribution in [-0.2, 0) is 4.79 Å². The molecule has 1 amide bonds. The molecule has 1 aliphatic carbocycles. The van der Waals surface area contributed by atoms with Crippen LogP contribution in [0.15, 0.2) is 23.5 Å². The lowest BCUT2D eigenvalue weighted by Gasteiger charge is -2.36. The molecule has 5 nitrogen and oxygen atoms in total. The first-order valence-corrected chi connectivity index (χ1v) is 6.00. The Labute approximate surface area is 99.9 Å². The van der Waals surface area contributed by atoms with Gasteiger partial charge in [0.2, 0.25) is 5.91 Å². The Balaban J connectivity index is 2.28. The Bertz CT molecular complexity index is 412. The van der Waals surface area contributed by atoms with Gasteiger partial charge < -0.3 is 4.90 Å². The number of hydrogen-bond donors (Lipinski definition) is 0. The number of rotatable bonds is 2. The van der Waals surface area contributed by atoms with Crippen molar-refractivity contribution >= 4 is 5.91 Å². The maximum atomic E-state index is 11.8. The van der Waals surface area contributed by atoms with Crippen LogP contribution in [0, 0.1) is 16.0 Å². The minimum Gasteiger partial charge on any atom is -0.316 e. The molecule has 5 heteroatoms. The zero-order chi connectivity index (χ0) is 12.4. The van der Waals surface area contributed by atoms with Gasteiger partial charge in [0.15, 0.2) is 0 Å². The van der Waals surface area contributed by atoms with Crippen LogP contribution >= 0.6 is 0 Å². The molecule has 1 aliphatic heterocycles. The molecule has 0 aromatic heterocycles. The van der Waals surface area contributed by atoms with Crippen molar-refractivity contribution < 1.29 is 9.72 Å². The van der Waals surface area contributed by atoms with Crippen LogP contribution in [0.3, 0.4) is 0 Å². The number of likely N-dealkylation sites (tertiary alicyclic amines) is 1. The van der Waals surface area contributed by atoms with Gasteiger partial charge >= 0.3 is 0 Å². The second kappa shape index (κ2) is 4.69. The van der Waals surface area contributed by atoms with Crippen LogP contribution in [0.2, 0.25) is 0 Å². The van der Waals surface area contributed by atoms with Gasteiger partial charge in [0.1, 0.15) is 0 Å². The summed E-state index contributed by atoms with van der Waals surface area (Å²) in [5, 5.41) is 10.8. The van der Waals surface area contributed by atoms with Crippen molar-refractivity contribution in [2.45, 2.75) is 32.6 Å². The van der Waals surface area contributed by atoms with Crippen molar-refractivity contribution in [3.8, 4) is 0 Å². The molecule has 0 bridgehead atoms. The number of nitro groups is 1. The molecule has 2 rings (SSSR count). The lowest BCUT2D eigenvalue weighted by atomic mass is 9.87. The average Bonchev–Trinajstić information content (AvgIpc) is 2.36. The van der Waals surface area contributed by atoms with Crippen molar-refractivity contribution in [2.75, 3.05) is 6.54 Å². The van der Waals surface area contributed by atoms with E-state index >= 15 is 0 Å². The second-order valence-electron chi connectivity index (χ2n) is 4.43. The Hall–Kier alpha value is -1.65. The number of hydrogen-bond acceptors (Lipinski definition) is 3. The quantitative estimate of drug-likeness (QED) is 0.544. The van der Waals surface area contributed by atoms with E-state index in [-0.39, 0.29) is 22.4 Å². The average molecular weight is 236 g/mol. The fourth-order valence-corrected chi connectivity index (χ4v) is 2.49. The van der Waals surface area contributed by atoms with Crippen LogP contribution in [-0.4, -0.2) is 22.3 Å². The summed E-state index contributed by atoms with van der Waals surface area (Å²) in [6.45, 7) is 2.51. The lowest BCUT2D eigenvalue weighted by Crippen LogP contribution is -2.38. The highest BCUT2D eigenvalue weighted by atomic mass is 16.6. The van der Waals surface area contributed by atoms with Gasteiger partial charge in [0.05, 0.1) is 4.92 Å². The summed E-state index contributed by atoms with van der Waals surface area (Å²) in [4.78, 5) is 23.9. The third-order valence-electron chi connectivity index (χ3n) is 3.39. The molecular weight excluding hydrogens is 220 g/mol. The number of amides is 1. The Kier molecular flexibility index (Phi) is 3.26. The van der Waals surface area contributed by atoms with E-state index in [4.69, 9.17) is 0 Å². The number of carbonyl (C=O) groups excluding carboxylic acids is 1. The van der Waals surface area contributed by atoms with Gasteiger partial charge in [-0.05, 0) is 25.3 Å². The molecule has 17 heavy (non-hydrogen) atoms. The maximum Gasteiger partial charge on any atom is 0.267 e. The molecule has 0 saturated carbocycles. The van der Waals surface area contributed by atoms with Crippen LogP contribution in [0.4, 0.5) is 0 Å². The summed E-state index contributed by atoms with van der Waals surface area (Å²) < 4.78 is 0. The van der Waals surface area contributed by atoms with Gasteiger partial charge in [-0.3, -0.25) is 14.9 Å². The van der Waals surface area contributed by atoms with E-state index in [1.807, 2.05) is 6.92 Å². The summed E-state index contributed by atoms with van der Waals surface area (Å²) in [7, 11) is 0. The summed E-state index contributed by atoms with van der Waals surface area (Å²) in [6.07, 6.45) is 6.35. The zero-order valence-electron chi connectivity index (χ0n) is 9.89. The van der Waals surface area contributed by atoms with Gasteiger partial charge in [-0.15, -0.1) is 0 Å². The number of fused-ring (bicyclic) bond motifs is 1. The highest BCUT2D eigenvalue weighted by molar-refractivity contribution is 5.78. The Morgan fingerprint density at radius 3 is 3.06 bits per heavy atom. The third kappa shape index (κ3) is 2.23. The van der Waals surface area contributed by atoms with E-state index in [9.17, 15) is 14.9 Å². The molecule has 1 heterocycles. The molecule has 1 saturated heterocycles. The highest BCUT2D eigenvalue weighted by Crippen LogP contribution is 2.34. The first-order valence-electron chi connectivity index (χ1n) is 6.00. The zero-order valence-corrected chi connectivity index (χ0v) is 9.89. The summed E-state index contributed by atoms with van der Waals surface area (Å²) >= 11 is 0. The van der Waals surface area contributed by atoms with Crippen LogP contribution < -0.4 is 0 Å². The number of nitrogens with zero attached hydrogens (tertiary/aromatic N) is 2. The number of piperidine rings is 1. The predicted octanol–water partition coefficient (Wildman–Crippen LogP) is 2.08. The molecule has 1 atom stereocenters. The molecule has 1 fully saturated rings. The van der Waals surface area contributed by atoms with E-state index in [1.165, 1.54) is 0 Å². The molecule has 0 N–H and O–H groups in total. The largest absolute Gasteiger partial charge is 0.316 e. The summed E-state index contributed by atoms with van der Waals surface area (Å²) in [6, 6.07) is 0. The molecule has 0 aromatic rings. The lowest BCUT2D eigenvalue weighted by molar-refractivity contribution is -0.419.